The van der Waals surface area contributed by atoms with Gasteiger partial charge in [-0.2, -0.15) is 10.5 Å². The van der Waals surface area contributed by atoms with Gasteiger partial charge in [-0.15, -0.1) is 0 Å². The Balaban J connectivity index is 1.98. The summed E-state index contributed by atoms with van der Waals surface area (Å²) in [5.41, 5.74) is 6.04. The molecule has 0 saturated carbocycles. The van der Waals surface area contributed by atoms with Crippen LogP contribution < -0.4 is 5.73 Å². The molecule has 0 aromatic heterocycles. The minimum Gasteiger partial charge on any atom is -0.383 e. The van der Waals surface area contributed by atoms with E-state index in [1.807, 2.05) is 30.0 Å². The summed E-state index contributed by atoms with van der Waals surface area (Å²) in [5.74, 6) is 0.153. The summed E-state index contributed by atoms with van der Waals surface area (Å²) in [7, 11) is 0. The van der Waals surface area contributed by atoms with E-state index >= 15 is 0 Å². The zero-order valence-electron chi connectivity index (χ0n) is 14.5. The molecule has 1 aromatic carbocycles. The molecule has 26 heavy (non-hydrogen) atoms. The SMILES string of the molecule is Cc1ccc(C(=O)CC2(C#N)C(N3CCOCC3)=NC(N)=C2C#N)cc1. The molecule has 3 rings (SSSR count). The first-order chi connectivity index (χ1) is 12.5. The molecule has 7 nitrogen and oxygen atoms in total. The Morgan fingerprint density at radius 1 is 1.31 bits per heavy atom. The molecule has 7 heteroatoms. The first-order valence-corrected chi connectivity index (χ1v) is 8.35. The minimum absolute atomic E-state index is 0.00671. The second-order valence-electron chi connectivity index (χ2n) is 6.39. The van der Waals surface area contributed by atoms with Gasteiger partial charge in [0.05, 0.1) is 19.3 Å². The van der Waals surface area contributed by atoms with E-state index in [4.69, 9.17) is 10.5 Å². The Bertz CT molecular complexity index is 867. The van der Waals surface area contributed by atoms with E-state index < -0.39 is 5.41 Å². The highest BCUT2D eigenvalue weighted by molar-refractivity contribution is 6.05. The molecule has 0 bridgehead atoms. The smallest absolute Gasteiger partial charge is 0.165 e. The average Bonchev–Trinajstić information content (AvgIpc) is 2.94. The monoisotopic (exact) mass is 349 g/mol. The molecule has 1 atom stereocenters. The first-order valence-electron chi connectivity index (χ1n) is 8.35. The van der Waals surface area contributed by atoms with Crippen LogP contribution in [0.25, 0.3) is 0 Å². The van der Waals surface area contributed by atoms with E-state index in [0.29, 0.717) is 37.7 Å². The van der Waals surface area contributed by atoms with Gasteiger partial charge in [-0.25, -0.2) is 4.99 Å². The minimum atomic E-state index is -1.46. The molecule has 2 aliphatic heterocycles. The topological polar surface area (TPSA) is 116 Å². The van der Waals surface area contributed by atoms with E-state index in [1.165, 1.54) is 0 Å². The Morgan fingerprint density at radius 2 is 1.96 bits per heavy atom. The van der Waals surface area contributed by atoms with Crippen molar-refractivity contribution < 1.29 is 9.53 Å². The van der Waals surface area contributed by atoms with Gasteiger partial charge >= 0.3 is 0 Å². The second kappa shape index (κ2) is 6.99. The number of aryl methyl sites for hydroxylation is 1. The molecule has 1 unspecified atom stereocenters. The molecule has 1 aromatic rings. The van der Waals surface area contributed by atoms with Crippen LogP contribution >= 0.6 is 0 Å². The van der Waals surface area contributed by atoms with Crippen LogP contribution in [0.4, 0.5) is 0 Å². The summed E-state index contributed by atoms with van der Waals surface area (Å²) in [6, 6.07) is 11.3. The van der Waals surface area contributed by atoms with Crippen molar-refractivity contribution in [2.24, 2.45) is 16.1 Å². The van der Waals surface area contributed by atoms with Crippen molar-refractivity contribution in [1.82, 2.24) is 4.90 Å². The molecule has 2 aliphatic rings. The van der Waals surface area contributed by atoms with Gasteiger partial charge in [0, 0.05) is 25.1 Å². The fraction of sp³-hybridized carbons (Fsp3) is 0.368. The summed E-state index contributed by atoms with van der Waals surface area (Å²) < 4.78 is 5.35. The highest BCUT2D eigenvalue weighted by Gasteiger charge is 2.50. The molecular weight excluding hydrogens is 330 g/mol. The van der Waals surface area contributed by atoms with Crippen molar-refractivity contribution in [3.05, 3.63) is 46.8 Å². The maximum Gasteiger partial charge on any atom is 0.165 e. The van der Waals surface area contributed by atoms with E-state index in [-0.39, 0.29) is 23.6 Å². The summed E-state index contributed by atoms with van der Waals surface area (Å²) in [4.78, 5) is 19.0. The van der Waals surface area contributed by atoms with Crippen LogP contribution in [-0.4, -0.2) is 42.8 Å². The summed E-state index contributed by atoms with van der Waals surface area (Å²) >= 11 is 0. The highest BCUT2D eigenvalue weighted by Crippen LogP contribution is 2.41. The number of amidine groups is 1. The lowest BCUT2D eigenvalue weighted by Crippen LogP contribution is -2.48. The summed E-state index contributed by atoms with van der Waals surface area (Å²) in [6.07, 6.45) is -0.174. The number of aliphatic imine (C=N–C) groups is 1. The fourth-order valence-corrected chi connectivity index (χ4v) is 3.26. The Kier molecular flexibility index (Phi) is 4.75. The van der Waals surface area contributed by atoms with Gasteiger partial charge in [0.15, 0.2) is 11.2 Å². The van der Waals surface area contributed by atoms with Crippen LogP contribution in [-0.2, 0) is 4.74 Å². The van der Waals surface area contributed by atoms with Gasteiger partial charge in [0.25, 0.3) is 0 Å². The van der Waals surface area contributed by atoms with E-state index in [2.05, 4.69) is 11.1 Å². The molecule has 1 fully saturated rings. The Hall–Kier alpha value is -3.16. The van der Waals surface area contributed by atoms with Gasteiger partial charge < -0.3 is 15.4 Å². The molecule has 0 radical (unpaired) electrons. The lowest BCUT2D eigenvalue weighted by Gasteiger charge is -2.35. The quantitative estimate of drug-likeness (QED) is 0.827. The van der Waals surface area contributed by atoms with Gasteiger partial charge in [-0.3, -0.25) is 4.79 Å². The number of ketones is 1. The van der Waals surface area contributed by atoms with Crippen LogP contribution in [0.2, 0.25) is 0 Å². The van der Waals surface area contributed by atoms with Gasteiger partial charge in [-0.1, -0.05) is 29.8 Å². The van der Waals surface area contributed by atoms with Gasteiger partial charge in [0.1, 0.15) is 23.3 Å². The van der Waals surface area contributed by atoms with Crippen LogP contribution in [0.1, 0.15) is 22.3 Å². The number of hydrogen-bond donors (Lipinski definition) is 1. The average molecular weight is 349 g/mol. The molecule has 0 amide bonds. The van der Waals surface area contributed by atoms with Crippen molar-refractivity contribution in [3.63, 3.8) is 0 Å². The lowest BCUT2D eigenvalue weighted by atomic mass is 9.76. The third-order valence-electron chi connectivity index (χ3n) is 4.70. The summed E-state index contributed by atoms with van der Waals surface area (Å²) in [6.45, 7) is 3.99. The molecule has 132 valence electrons. The standard InChI is InChI=1S/C19H19N5O2/c1-13-2-4-14(5-3-13)16(25)10-19(12-21)15(11-20)17(22)23-18(19)24-6-8-26-9-7-24/h2-5H,6-10,22H2,1H3. The third kappa shape index (κ3) is 2.94. The number of ether oxygens (including phenoxy) is 1. The maximum atomic E-state index is 12.9. The maximum absolute atomic E-state index is 12.9. The van der Waals surface area contributed by atoms with Crippen LogP contribution in [0.15, 0.2) is 40.7 Å². The molecular formula is C19H19N5O2. The van der Waals surface area contributed by atoms with Crippen molar-refractivity contribution in [2.45, 2.75) is 13.3 Å². The van der Waals surface area contributed by atoms with Crippen molar-refractivity contribution in [2.75, 3.05) is 26.3 Å². The van der Waals surface area contributed by atoms with Crippen molar-refractivity contribution in [1.29, 1.82) is 10.5 Å². The Labute approximate surface area is 152 Å². The van der Waals surface area contributed by atoms with E-state index in [0.717, 1.165) is 5.56 Å². The zero-order valence-corrected chi connectivity index (χ0v) is 14.5. The van der Waals surface area contributed by atoms with Crippen molar-refractivity contribution >= 4 is 11.6 Å². The normalized spacial score (nSPS) is 22.6. The third-order valence-corrected chi connectivity index (χ3v) is 4.70. The Morgan fingerprint density at radius 3 is 2.54 bits per heavy atom. The van der Waals surface area contributed by atoms with Crippen LogP contribution in [0.3, 0.4) is 0 Å². The van der Waals surface area contributed by atoms with Crippen LogP contribution in [0.5, 0.6) is 0 Å². The first kappa shape index (κ1) is 17.7. The number of carbonyl (C=O) groups is 1. The van der Waals surface area contributed by atoms with E-state index in [1.54, 1.807) is 12.1 Å². The number of nitriles is 2. The fourth-order valence-electron chi connectivity index (χ4n) is 3.26. The predicted octanol–water partition coefficient (Wildman–Crippen LogP) is 1.52. The number of carbonyl (C=O) groups excluding carboxylic acids is 1. The number of Topliss-reactive ketones (excluding diaryl/α,β-unsaturated/α-hetero) is 1. The molecule has 2 N–H and O–H groups in total. The zero-order chi connectivity index (χ0) is 18.7. The number of hydrogen-bond acceptors (Lipinski definition) is 7. The van der Waals surface area contributed by atoms with Crippen LogP contribution in [0, 0.1) is 35.0 Å². The van der Waals surface area contributed by atoms with Crippen molar-refractivity contribution in [3.8, 4) is 12.1 Å². The van der Waals surface area contributed by atoms with E-state index in [9.17, 15) is 15.3 Å². The predicted molar refractivity (Wildman–Crippen MR) is 94.8 cm³/mol. The molecule has 1 saturated heterocycles. The lowest BCUT2D eigenvalue weighted by molar-refractivity contribution is 0.0652. The highest BCUT2D eigenvalue weighted by atomic mass is 16.5. The largest absolute Gasteiger partial charge is 0.383 e. The second-order valence-corrected chi connectivity index (χ2v) is 6.39. The molecule has 0 aliphatic carbocycles. The number of nitrogens with two attached hydrogens (primary N) is 1. The van der Waals surface area contributed by atoms with Gasteiger partial charge in [0.2, 0.25) is 0 Å². The number of nitrogens with zero attached hydrogens (tertiary/aromatic N) is 4. The number of rotatable bonds is 3. The molecule has 0 spiro atoms. The molecule has 2 heterocycles. The van der Waals surface area contributed by atoms with Gasteiger partial charge in [-0.05, 0) is 6.92 Å². The summed E-state index contributed by atoms with van der Waals surface area (Å²) in [5, 5.41) is 19.6. The number of benzene rings is 1. The number of morpholine rings is 1.